The van der Waals surface area contributed by atoms with Crippen LogP contribution in [0.4, 0.5) is 37.7 Å². The predicted octanol–water partition coefficient (Wildman–Crippen LogP) is 5.88. The van der Waals surface area contributed by atoms with Crippen molar-refractivity contribution in [1.29, 1.82) is 0 Å². The van der Waals surface area contributed by atoms with Crippen molar-refractivity contribution in [2.75, 3.05) is 30.4 Å². The van der Waals surface area contributed by atoms with Gasteiger partial charge < -0.3 is 14.8 Å². The van der Waals surface area contributed by atoms with E-state index in [0.29, 0.717) is 22.0 Å². The van der Waals surface area contributed by atoms with Crippen LogP contribution in [0.5, 0.6) is 11.5 Å². The van der Waals surface area contributed by atoms with Crippen LogP contribution in [0.1, 0.15) is 16.7 Å². The first-order chi connectivity index (χ1) is 18.1. The first kappa shape index (κ1) is 29.6. The molecular weight excluding hydrogens is 554 g/mol. The fourth-order valence-electron chi connectivity index (χ4n) is 3.54. The number of carbonyl (C=O) groups is 1. The van der Waals surface area contributed by atoms with Gasteiger partial charge in [-0.2, -0.15) is 26.3 Å². The number of hydrogen-bond acceptors (Lipinski definition) is 5. The third-order valence-corrected chi connectivity index (χ3v) is 7.18. The van der Waals surface area contributed by atoms with Gasteiger partial charge in [0.05, 0.1) is 31.0 Å². The van der Waals surface area contributed by atoms with Gasteiger partial charge in [0.2, 0.25) is 5.91 Å². The summed E-state index contributed by atoms with van der Waals surface area (Å²) in [4.78, 5) is 12.6. The molecule has 0 aliphatic carbocycles. The van der Waals surface area contributed by atoms with Crippen molar-refractivity contribution in [3.05, 3.63) is 77.4 Å². The number of hydrogen-bond donors (Lipinski definition) is 1. The summed E-state index contributed by atoms with van der Waals surface area (Å²) in [6.45, 7) is 0.608. The van der Waals surface area contributed by atoms with Gasteiger partial charge in [-0.15, -0.1) is 0 Å². The van der Waals surface area contributed by atoms with Gasteiger partial charge in [0, 0.05) is 11.8 Å². The number of halogens is 6. The van der Waals surface area contributed by atoms with E-state index in [1.54, 1.807) is 13.0 Å². The van der Waals surface area contributed by atoms with Crippen molar-refractivity contribution in [2.24, 2.45) is 0 Å². The molecule has 0 atom stereocenters. The van der Waals surface area contributed by atoms with E-state index in [9.17, 15) is 39.6 Å². The Labute approximate surface area is 220 Å². The van der Waals surface area contributed by atoms with E-state index in [1.807, 2.05) is 5.32 Å². The van der Waals surface area contributed by atoms with Crippen LogP contribution in [0.2, 0.25) is 0 Å². The maximum absolute atomic E-state index is 13.8. The third-order valence-electron chi connectivity index (χ3n) is 5.39. The van der Waals surface area contributed by atoms with E-state index in [4.69, 9.17) is 9.47 Å². The highest BCUT2D eigenvalue weighted by molar-refractivity contribution is 7.93. The lowest BCUT2D eigenvalue weighted by molar-refractivity contribution is -0.143. The molecule has 3 rings (SSSR count). The molecule has 210 valence electrons. The number of alkyl halides is 6. The topological polar surface area (TPSA) is 84.9 Å². The highest BCUT2D eigenvalue weighted by Gasteiger charge is 2.37. The Kier molecular flexibility index (Phi) is 8.39. The molecular formula is C25H22F6N2O5S. The molecule has 0 spiro atoms. The van der Waals surface area contributed by atoms with Crippen LogP contribution in [-0.4, -0.2) is 35.1 Å². The Morgan fingerprint density at radius 1 is 0.872 bits per heavy atom. The highest BCUT2D eigenvalue weighted by atomic mass is 32.2. The molecule has 0 aromatic heterocycles. The molecule has 7 nitrogen and oxygen atoms in total. The molecule has 14 heteroatoms. The number of aryl methyl sites for hydroxylation is 1. The number of methoxy groups -OCH3 is 2. The molecule has 3 aromatic rings. The SMILES string of the molecule is COc1cccc(N(CC(=O)Nc2cc(C(F)(F)F)cc(C(F)(F)F)c2)S(=O)(=O)c2cc(C)ccc2OC)c1. The number of sulfonamides is 1. The lowest BCUT2D eigenvalue weighted by atomic mass is 10.1. The fourth-order valence-corrected chi connectivity index (χ4v) is 5.20. The standard InChI is InChI=1S/C25H22F6N2O5S/c1-15-7-8-21(38-3)22(9-15)39(35,36)33(19-5-4-6-20(13-19)37-2)14-23(34)32-18-11-16(24(26,27)28)10-17(12-18)25(29,30)31/h4-13H,14H2,1-3H3,(H,32,34). The zero-order chi connectivity index (χ0) is 29.2. The van der Waals surface area contributed by atoms with Gasteiger partial charge in [0.15, 0.2) is 0 Å². The first-order valence-corrected chi connectivity index (χ1v) is 12.4. The van der Waals surface area contributed by atoms with Crippen LogP contribution in [0.3, 0.4) is 0 Å². The largest absolute Gasteiger partial charge is 0.497 e. The summed E-state index contributed by atoms with van der Waals surface area (Å²) in [5, 5.41) is 1.95. The Morgan fingerprint density at radius 2 is 1.49 bits per heavy atom. The van der Waals surface area contributed by atoms with Gasteiger partial charge in [0.1, 0.15) is 22.9 Å². The number of benzene rings is 3. The van der Waals surface area contributed by atoms with E-state index in [1.165, 1.54) is 50.6 Å². The fraction of sp³-hybridized carbons (Fsp3) is 0.240. The summed E-state index contributed by atoms with van der Waals surface area (Å²) in [6, 6.07) is 10.4. The van der Waals surface area contributed by atoms with E-state index < -0.39 is 51.6 Å². The average Bonchev–Trinajstić information content (AvgIpc) is 2.86. The van der Waals surface area contributed by atoms with E-state index in [2.05, 4.69) is 0 Å². The van der Waals surface area contributed by atoms with Gasteiger partial charge >= 0.3 is 12.4 Å². The van der Waals surface area contributed by atoms with Crippen molar-refractivity contribution in [3.8, 4) is 11.5 Å². The second kappa shape index (κ2) is 11.0. The Morgan fingerprint density at radius 3 is 2.03 bits per heavy atom. The summed E-state index contributed by atoms with van der Waals surface area (Å²) < 4.78 is 118. The lowest BCUT2D eigenvalue weighted by Gasteiger charge is -2.25. The summed E-state index contributed by atoms with van der Waals surface area (Å²) >= 11 is 0. The second-order valence-electron chi connectivity index (χ2n) is 8.21. The molecule has 0 saturated heterocycles. The van der Waals surface area contributed by atoms with Crippen LogP contribution in [0.15, 0.2) is 65.6 Å². The molecule has 1 N–H and O–H groups in total. The van der Waals surface area contributed by atoms with Gasteiger partial charge in [-0.3, -0.25) is 9.10 Å². The summed E-state index contributed by atoms with van der Waals surface area (Å²) in [6.07, 6.45) is -10.3. The molecule has 0 aliphatic rings. The number of carbonyl (C=O) groups excluding carboxylic acids is 1. The molecule has 0 radical (unpaired) electrons. The zero-order valence-electron chi connectivity index (χ0n) is 20.6. The summed E-state index contributed by atoms with van der Waals surface area (Å²) in [5.74, 6) is -1.04. The van der Waals surface area contributed by atoms with Crippen molar-refractivity contribution in [2.45, 2.75) is 24.2 Å². The van der Waals surface area contributed by atoms with Gasteiger partial charge in [-0.25, -0.2) is 8.42 Å². The molecule has 0 fully saturated rings. The quantitative estimate of drug-likeness (QED) is 0.339. The molecule has 1 amide bonds. The molecule has 0 saturated carbocycles. The number of nitrogens with zero attached hydrogens (tertiary/aromatic N) is 1. The lowest BCUT2D eigenvalue weighted by Crippen LogP contribution is -2.38. The second-order valence-corrected chi connectivity index (χ2v) is 10.0. The molecule has 0 unspecified atom stereocenters. The van der Waals surface area contributed by atoms with Crippen molar-refractivity contribution < 1.29 is 49.0 Å². The first-order valence-electron chi connectivity index (χ1n) is 11.0. The number of anilines is 2. The predicted molar refractivity (Wildman–Crippen MR) is 130 cm³/mol. The summed E-state index contributed by atoms with van der Waals surface area (Å²) in [7, 11) is -2.01. The van der Waals surface area contributed by atoms with Crippen LogP contribution < -0.4 is 19.1 Å². The normalized spacial score (nSPS) is 12.1. The third kappa shape index (κ3) is 6.93. The van der Waals surface area contributed by atoms with Gasteiger partial charge in [-0.05, 0) is 55.0 Å². The van der Waals surface area contributed by atoms with E-state index >= 15 is 0 Å². The monoisotopic (exact) mass is 576 g/mol. The van der Waals surface area contributed by atoms with Crippen molar-refractivity contribution in [1.82, 2.24) is 0 Å². The number of nitrogens with one attached hydrogen (secondary N) is 1. The smallest absolute Gasteiger partial charge is 0.416 e. The van der Waals surface area contributed by atoms with Crippen LogP contribution in [0.25, 0.3) is 0 Å². The Bertz CT molecular complexity index is 1440. The average molecular weight is 577 g/mol. The Hall–Kier alpha value is -3.94. The van der Waals surface area contributed by atoms with E-state index in [-0.39, 0.29) is 28.1 Å². The van der Waals surface area contributed by atoms with Crippen molar-refractivity contribution >= 4 is 27.3 Å². The van der Waals surface area contributed by atoms with Crippen LogP contribution >= 0.6 is 0 Å². The maximum Gasteiger partial charge on any atom is 0.416 e. The Balaban J connectivity index is 2.07. The van der Waals surface area contributed by atoms with Gasteiger partial charge in [0.25, 0.3) is 10.0 Å². The van der Waals surface area contributed by atoms with Crippen LogP contribution in [-0.2, 0) is 27.2 Å². The molecule has 39 heavy (non-hydrogen) atoms. The molecule has 0 aliphatic heterocycles. The zero-order valence-corrected chi connectivity index (χ0v) is 21.5. The minimum absolute atomic E-state index is 0.0541. The minimum atomic E-state index is -5.14. The molecule has 3 aromatic carbocycles. The van der Waals surface area contributed by atoms with Crippen molar-refractivity contribution in [3.63, 3.8) is 0 Å². The van der Waals surface area contributed by atoms with E-state index in [0.717, 1.165) is 0 Å². The molecule has 0 heterocycles. The number of amides is 1. The van der Waals surface area contributed by atoms with Crippen LogP contribution in [0, 0.1) is 6.92 Å². The summed E-state index contributed by atoms with van der Waals surface area (Å²) in [5.41, 5.74) is -3.64. The minimum Gasteiger partial charge on any atom is -0.497 e. The highest BCUT2D eigenvalue weighted by Crippen LogP contribution is 2.38. The number of rotatable bonds is 8. The van der Waals surface area contributed by atoms with Gasteiger partial charge in [-0.1, -0.05) is 12.1 Å². The molecule has 0 bridgehead atoms. The maximum atomic E-state index is 13.8. The number of ether oxygens (including phenoxy) is 2.